The van der Waals surface area contributed by atoms with Gasteiger partial charge in [0.15, 0.2) is 16.8 Å². The molecule has 100 valence electrons. The van der Waals surface area contributed by atoms with Gasteiger partial charge in [0.05, 0.1) is 6.20 Å². The van der Waals surface area contributed by atoms with Crippen LogP contribution in [0.4, 0.5) is 4.39 Å². The molecule has 0 radical (unpaired) electrons. The van der Waals surface area contributed by atoms with Crippen molar-refractivity contribution in [1.82, 2.24) is 19.5 Å². The largest absolute Gasteiger partial charge is 0.274 e. The Bertz CT molecular complexity index is 639. The summed E-state index contributed by atoms with van der Waals surface area (Å²) in [4.78, 5) is 23.5. The molecule has 0 amide bonds. The van der Waals surface area contributed by atoms with Gasteiger partial charge in [0.25, 0.3) is 0 Å². The van der Waals surface area contributed by atoms with Crippen LogP contribution in [-0.2, 0) is 0 Å². The van der Waals surface area contributed by atoms with Crippen LogP contribution in [0.1, 0.15) is 37.3 Å². The molecule has 0 bridgehead atoms. The lowest BCUT2D eigenvalue weighted by Crippen LogP contribution is -2.10. The average molecular weight is 283 g/mol. The molecule has 0 saturated heterocycles. The highest BCUT2D eigenvalue weighted by Gasteiger charge is 2.17. The van der Waals surface area contributed by atoms with Crippen molar-refractivity contribution in [1.29, 1.82) is 0 Å². The number of hydrogen-bond acceptors (Lipinski definition) is 4. The second-order valence-electron chi connectivity index (χ2n) is 4.36. The second kappa shape index (κ2) is 5.05. The summed E-state index contributed by atoms with van der Waals surface area (Å²) in [6, 6.07) is 0. The van der Waals surface area contributed by atoms with Gasteiger partial charge >= 0.3 is 0 Å². The first-order chi connectivity index (χ1) is 8.90. The van der Waals surface area contributed by atoms with E-state index in [9.17, 15) is 9.18 Å². The van der Waals surface area contributed by atoms with E-state index in [2.05, 4.69) is 15.0 Å². The Balaban J connectivity index is 2.54. The first-order valence-corrected chi connectivity index (χ1v) is 6.06. The van der Waals surface area contributed by atoms with Crippen LogP contribution in [0.25, 0.3) is 11.5 Å². The zero-order valence-electron chi connectivity index (χ0n) is 10.7. The van der Waals surface area contributed by atoms with Gasteiger partial charge in [0, 0.05) is 19.0 Å². The number of nitrogens with zero attached hydrogens (tertiary/aromatic N) is 4. The molecule has 5 nitrogen and oxygen atoms in total. The SMILES string of the molecule is CC(=O)n1cc(-c2ncc(F)c(Cl)n2)nc1C(C)C. The molecule has 2 aromatic heterocycles. The maximum atomic E-state index is 13.0. The van der Waals surface area contributed by atoms with E-state index in [4.69, 9.17) is 11.6 Å². The van der Waals surface area contributed by atoms with Crippen molar-refractivity contribution in [2.24, 2.45) is 0 Å². The summed E-state index contributed by atoms with van der Waals surface area (Å²) < 4.78 is 14.4. The van der Waals surface area contributed by atoms with Gasteiger partial charge in [-0.25, -0.2) is 19.3 Å². The van der Waals surface area contributed by atoms with E-state index in [0.717, 1.165) is 6.20 Å². The van der Waals surface area contributed by atoms with E-state index in [1.54, 1.807) is 0 Å². The van der Waals surface area contributed by atoms with Gasteiger partial charge in [0.1, 0.15) is 11.5 Å². The number of halogens is 2. The van der Waals surface area contributed by atoms with Gasteiger partial charge < -0.3 is 0 Å². The number of imidazole rings is 1. The minimum atomic E-state index is -0.694. The summed E-state index contributed by atoms with van der Waals surface area (Å²) in [5, 5.41) is -0.270. The summed E-state index contributed by atoms with van der Waals surface area (Å²) in [7, 11) is 0. The van der Waals surface area contributed by atoms with Crippen molar-refractivity contribution >= 4 is 17.5 Å². The molecule has 0 fully saturated rings. The molecule has 0 aromatic carbocycles. The van der Waals surface area contributed by atoms with Crippen LogP contribution in [0, 0.1) is 5.82 Å². The molecule has 2 aromatic rings. The van der Waals surface area contributed by atoms with Crippen LogP contribution in [0.2, 0.25) is 5.15 Å². The van der Waals surface area contributed by atoms with Crippen molar-refractivity contribution in [2.45, 2.75) is 26.7 Å². The highest BCUT2D eigenvalue weighted by atomic mass is 35.5. The molecule has 0 aliphatic carbocycles. The number of aromatic nitrogens is 4. The summed E-state index contributed by atoms with van der Waals surface area (Å²) in [5.41, 5.74) is 0.390. The predicted octanol–water partition coefficient (Wildman–Crippen LogP) is 2.92. The fraction of sp³-hybridized carbons (Fsp3) is 0.333. The van der Waals surface area contributed by atoms with Gasteiger partial charge in [-0.1, -0.05) is 25.4 Å². The molecule has 0 N–H and O–H groups in total. The molecular formula is C12H12ClFN4O. The number of hydrogen-bond donors (Lipinski definition) is 0. The van der Waals surface area contributed by atoms with E-state index in [0.29, 0.717) is 11.5 Å². The molecule has 7 heteroatoms. The zero-order valence-corrected chi connectivity index (χ0v) is 11.4. The van der Waals surface area contributed by atoms with Crippen molar-refractivity contribution in [3.63, 3.8) is 0 Å². The van der Waals surface area contributed by atoms with E-state index < -0.39 is 5.82 Å². The maximum Gasteiger partial charge on any atom is 0.228 e. The molecule has 19 heavy (non-hydrogen) atoms. The van der Waals surface area contributed by atoms with Crippen molar-refractivity contribution in [3.05, 3.63) is 29.2 Å². The molecule has 0 saturated carbocycles. The first-order valence-electron chi connectivity index (χ1n) is 5.68. The monoisotopic (exact) mass is 282 g/mol. The summed E-state index contributed by atoms with van der Waals surface area (Å²) in [6.07, 6.45) is 2.51. The molecule has 0 spiro atoms. The Labute approximate surface area is 114 Å². The second-order valence-corrected chi connectivity index (χ2v) is 4.72. The number of carbonyl (C=O) groups is 1. The van der Waals surface area contributed by atoms with Crippen LogP contribution >= 0.6 is 11.6 Å². The van der Waals surface area contributed by atoms with Crippen LogP contribution in [0.5, 0.6) is 0 Å². The van der Waals surface area contributed by atoms with Crippen molar-refractivity contribution < 1.29 is 9.18 Å². The molecule has 0 aliphatic heterocycles. The standard InChI is InChI=1S/C12H12ClFN4O/c1-6(2)12-16-9(5-18(12)7(3)19)11-15-4-8(14)10(13)17-11/h4-6H,1-3H3. The van der Waals surface area contributed by atoms with Gasteiger partial charge in [-0.3, -0.25) is 9.36 Å². The molecule has 0 atom stereocenters. The van der Waals surface area contributed by atoms with Crippen molar-refractivity contribution in [2.75, 3.05) is 0 Å². The number of rotatable bonds is 2. The van der Waals surface area contributed by atoms with Gasteiger partial charge in [-0.05, 0) is 0 Å². The minimum Gasteiger partial charge on any atom is -0.274 e. The quantitative estimate of drug-likeness (QED) is 0.795. The maximum absolute atomic E-state index is 13.0. The summed E-state index contributed by atoms with van der Waals surface area (Å²) >= 11 is 5.61. The smallest absolute Gasteiger partial charge is 0.228 e. The lowest BCUT2D eigenvalue weighted by atomic mass is 10.2. The lowest BCUT2D eigenvalue weighted by Gasteiger charge is -2.04. The minimum absolute atomic E-state index is 0.0635. The van der Waals surface area contributed by atoms with Crippen LogP contribution in [0.3, 0.4) is 0 Å². The molecule has 2 heterocycles. The Kier molecular flexibility index (Phi) is 3.61. The van der Waals surface area contributed by atoms with Gasteiger partial charge in [-0.15, -0.1) is 0 Å². The summed E-state index contributed by atoms with van der Waals surface area (Å²) in [6.45, 7) is 5.28. The van der Waals surface area contributed by atoms with Crippen molar-refractivity contribution in [3.8, 4) is 11.5 Å². The van der Waals surface area contributed by atoms with E-state index in [1.165, 1.54) is 17.7 Å². The summed E-state index contributed by atoms with van der Waals surface area (Å²) in [5.74, 6) is 0.00424. The molecule has 0 aliphatic rings. The first kappa shape index (κ1) is 13.6. The Morgan fingerprint density at radius 1 is 1.42 bits per heavy atom. The lowest BCUT2D eigenvalue weighted by molar-refractivity contribution is 0.0932. The van der Waals surface area contributed by atoms with Crippen LogP contribution < -0.4 is 0 Å². The zero-order chi connectivity index (χ0) is 14.2. The Morgan fingerprint density at radius 3 is 2.58 bits per heavy atom. The number of carbonyl (C=O) groups excluding carboxylic acids is 1. The third-order valence-electron chi connectivity index (χ3n) is 2.52. The highest BCUT2D eigenvalue weighted by molar-refractivity contribution is 6.29. The third-order valence-corrected chi connectivity index (χ3v) is 2.78. The highest BCUT2D eigenvalue weighted by Crippen LogP contribution is 2.21. The Morgan fingerprint density at radius 2 is 2.11 bits per heavy atom. The third kappa shape index (κ3) is 2.63. The van der Waals surface area contributed by atoms with Gasteiger partial charge in [-0.2, -0.15) is 0 Å². The fourth-order valence-electron chi connectivity index (χ4n) is 1.63. The van der Waals surface area contributed by atoms with Crippen LogP contribution in [0.15, 0.2) is 12.4 Å². The molecule has 2 rings (SSSR count). The topological polar surface area (TPSA) is 60.7 Å². The van der Waals surface area contributed by atoms with E-state index in [1.807, 2.05) is 13.8 Å². The van der Waals surface area contributed by atoms with Gasteiger partial charge in [0.2, 0.25) is 5.91 Å². The normalized spacial score (nSPS) is 11.1. The average Bonchev–Trinajstić information content (AvgIpc) is 2.78. The fourth-order valence-corrected chi connectivity index (χ4v) is 1.76. The Hall–Kier alpha value is -1.82. The van der Waals surface area contributed by atoms with Crippen LogP contribution in [-0.4, -0.2) is 25.4 Å². The molecular weight excluding hydrogens is 271 g/mol. The van der Waals surface area contributed by atoms with E-state index >= 15 is 0 Å². The predicted molar refractivity (Wildman–Crippen MR) is 68.6 cm³/mol. The molecule has 0 unspecified atom stereocenters. The van der Waals surface area contributed by atoms with E-state index in [-0.39, 0.29) is 22.8 Å².